The Hall–Kier alpha value is -0.0400. The molecule has 2 saturated carbocycles. The van der Waals surface area contributed by atoms with Crippen LogP contribution in [0.1, 0.15) is 46.0 Å². The van der Waals surface area contributed by atoms with Crippen molar-refractivity contribution < 1.29 is 5.11 Å². The molecule has 0 radical (unpaired) electrons. The van der Waals surface area contributed by atoms with E-state index in [1.54, 1.807) is 0 Å². The highest BCUT2D eigenvalue weighted by atomic mass is 16.3. The van der Waals surface area contributed by atoms with Gasteiger partial charge in [0, 0.05) is 0 Å². The summed E-state index contributed by atoms with van der Waals surface area (Å²) in [5.74, 6) is 1.48. The van der Waals surface area contributed by atoms with Gasteiger partial charge in [0.05, 0.1) is 6.10 Å². The number of aliphatic hydroxyl groups excluding tert-OH is 1. The highest BCUT2D eigenvalue weighted by Crippen LogP contribution is 2.52. The van der Waals surface area contributed by atoms with Crippen molar-refractivity contribution in [1.29, 1.82) is 0 Å². The summed E-state index contributed by atoms with van der Waals surface area (Å²) >= 11 is 0. The molecule has 70 valence electrons. The maximum atomic E-state index is 9.86. The summed E-state index contributed by atoms with van der Waals surface area (Å²) in [6, 6.07) is 0. The summed E-state index contributed by atoms with van der Waals surface area (Å²) in [4.78, 5) is 0. The number of hydrogen-bond donors (Lipinski definition) is 1. The summed E-state index contributed by atoms with van der Waals surface area (Å²) in [5, 5.41) is 9.86. The molecule has 2 rings (SSSR count). The average molecular weight is 168 g/mol. The average Bonchev–Trinajstić information content (AvgIpc) is 1.95. The number of fused-ring (bicyclic) bond motifs is 2. The van der Waals surface area contributed by atoms with Crippen molar-refractivity contribution in [2.45, 2.75) is 52.1 Å². The first-order valence-electron chi connectivity index (χ1n) is 5.30. The van der Waals surface area contributed by atoms with Crippen LogP contribution in [0.15, 0.2) is 0 Å². The molecule has 0 amide bonds. The van der Waals surface area contributed by atoms with Crippen molar-refractivity contribution in [1.82, 2.24) is 0 Å². The van der Waals surface area contributed by atoms with E-state index in [-0.39, 0.29) is 6.10 Å². The second-order valence-electron chi connectivity index (χ2n) is 5.20. The van der Waals surface area contributed by atoms with E-state index in [0.717, 1.165) is 12.3 Å². The minimum atomic E-state index is -0.00319. The molecule has 0 aliphatic heterocycles. The maximum absolute atomic E-state index is 9.86. The zero-order chi connectivity index (χ0) is 8.77. The van der Waals surface area contributed by atoms with Crippen LogP contribution >= 0.6 is 0 Å². The third kappa shape index (κ3) is 1.10. The minimum absolute atomic E-state index is 0.00319. The quantitative estimate of drug-likeness (QED) is 0.589. The highest BCUT2D eigenvalue weighted by Gasteiger charge is 2.46. The molecule has 3 atom stereocenters. The summed E-state index contributed by atoms with van der Waals surface area (Å²) in [7, 11) is 0. The Morgan fingerprint density at radius 1 is 1.08 bits per heavy atom. The predicted octanol–water partition coefficient (Wildman–Crippen LogP) is 2.58. The SMILES string of the molecule is CC1(C)C2CCCC1C(O)CC2. The van der Waals surface area contributed by atoms with Crippen LogP contribution in [0, 0.1) is 17.3 Å². The Morgan fingerprint density at radius 3 is 2.50 bits per heavy atom. The van der Waals surface area contributed by atoms with Gasteiger partial charge in [0.25, 0.3) is 0 Å². The predicted molar refractivity (Wildman–Crippen MR) is 49.9 cm³/mol. The first kappa shape index (κ1) is 8.55. The molecule has 2 aliphatic rings. The van der Waals surface area contributed by atoms with Crippen molar-refractivity contribution in [2.24, 2.45) is 17.3 Å². The van der Waals surface area contributed by atoms with E-state index in [1.807, 2.05) is 0 Å². The topological polar surface area (TPSA) is 20.2 Å². The molecule has 1 N–H and O–H groups in total. The van der Waals surface area contributed by atoms with Gasteiger partial charge in [0.15, 0.2) is 0 Å². The van der Waals surface area contributed by atoms with Crippen LogP contribution < -0.4 is 0 Å². The lowest BCUT2D eigenvalue weighted by Gasteiger charge is -2.51. The van der Waals surface area contributed by atoms with Crippen LogP contribution in [0.4, 0.5) is 0 Å². The molecule has 1 nitrogen and oxygen atoms in total. The van der Waals surface area contributed by atoms with Crippen molar-refractivity contribution in [2.75, 3.05) is 0 Å². The molecule has 1 heteroatoms. The van der Waals surface area contributed by atoms with Crippen LogP contribution in [0.25, 0.3) is 0 Å². The van der Waals surface area contributed by atoms with Crippen LogP contribution in [0.2, 0.25) is 0 Å². The van der Waals surface area contributed by atoms with Gasteiger partial charge in [-0.1, -0.05) is 20.3 Å². The molecule has 2 bridgehead atoms. The second kappa shape index (κ2) is 2.73. The maximum Gasteiger partial charge on any atom is 0.0573 e. The van der Waals surface area contributed by atoms with Crippen molar-refractivity contribution in [3.05, 3.63) is 0 Å². The largest absolute Gasteiger partial charge is 0.393 e. The standard InChI is InChI=1S/C11H20O/c1-11(2)8-4-3-5-9(11)10(12)7-6-8/h8-10,12H,3-7H2,1-2H3. The molecular weight excluding hydrogens is 148 g/mol. The first-order chi connectivity index (χ1) is 5.62. The van der Waals surface area contributed by atoms with E-state index in [0.29, 0.717) is 11.3 Å². The first-order valence-corrected chi connectivity index (χ1v) is 5.30. The molecule has 2 aliphatic carbocycles. The van der Waals surface area contributed by atoms with E-state index in [1.165, 1.54) is 25.7 Å². The van der Waals surface area contributed by atoms with Gasteiger partial charge in [-0.2, -0.15) is 0 Å². The van der Waals surface area contributed by atoms with Gasteiger partial charge in [-0.15, -0.1) is 0 Å². The fourth-order valence-corrected chi connectivity index (χ4v) is 3.41. The van der Waals surface area contributed by atoms with Crippen LogP contribution in [0.5, 0.6) is 0 Å². The molecule has 2 fully saturated rings. The summed E-state index contributed by atoms with van der Waals surface area (Å²) < 4.78 is 0. The smallest absolute Gasteiger partial charge is 0.0573 e. The van der Waals surface area contributed by atoms with Gasteiger partial charge >= 0.3 is 0 Å². The lowest BCUT2D eigenvalue weighted by Crippen LogP contribution is -2.46. The van der Waals surface area contributed by atoms with Crippen LogP contribution in [0.3, 0.4) is 0 Å². The monoisotopic (exact) mass is 168 g/mol. The van der Waals surface area contributed by atoms with E-state index in [4.69, 9.17) is 0 Å². The number of aliphatic hydroxyl groups is 1. The Morgan fingerprint density at radius 2 is 1.83 bits per heavy atom. The molecule has 0 heterocycles. The number of rotatable bonds is 0. The molecule has 0 saturated heterocycles. The van der Waals surface area contributed by atoms with E-state index in [2.05, 4.69) is 13.8 Å². The van der Waals surface area contributed by atoms with Crippen LogP contribution in [-0.2, 0) is 0 Å². The zero-order valence-corrected chi connectivity index (χ0v) is 8.21. The van der Waals surface area contributed by atoms with Crippen LogP contribution in [-0.4, -0.2) is 11.2 Å². The van der Waals surface area contributed by atoms with Crippen molar-refractivity contribution in [3.8, 4) is 0 Å². The third-order valence-corrected chi connectivity index (χ3v) is 4.35. The van der Waals surface area contributed by atoms with Gasteiger partial charge in [-0.05, 0) is 42.9 Å². The molecule has 12 heavy (non-hydrogen) atoms. The minimum Gasteiger partial charge on any atom is -0.393 e. The molecule has 0 aromatic rings. The van der Waals surface area contributed by atoms with E-state index in [9.17, 15) is 5.11 Å². The van der Waals surface area contributed by atoms with Crippen molar-refractivity contribution >= 4 is 0 Å². The summed E-state index contributed by atoms with van der Waals surface area (Å²) in [5.41, 5.74) is 0.413. The zero-order valence-electron chi connectivity index (χ0n) is 8.21. The van der Waals surface area contributed by atoms with Gasteiger partial charge in [0.2, 0.25) is 0 Å². The van der Waals surface area contributed by atoms with E-state index < -0.39 is 0 Å². The Balaban J connectivity index is 2.21. The van der Waals surface area contributed by atoms with Gasteiger partial charge in [0.1, 0.15) is 0 Å². The Bertz CT molecular complexity index is 174. The normalized spacial score (nSPS) is 45.8. The van der Waals surface area contributed by atoms with Gasteiger partial charge in [-0.3, -0.25) is 0 Å². The molecule has 0 aromatic carbocycles. The number of hydrogen-bond acceptors (Lipinski definition) is 1. The lowest BCUT2D eigenvalue weighted by atomic mass is 9.55. The summed E-state index contributed by atoms with van der Waals surface area (Å²) in [6.07, 6.45) is 6.30. The molecule has 3 unspecified atom stereocenters. The Labute approximate surface area is 75.2 Å². The Kier molecular flexibility index (Phi) is 1.95. The molecule has 0 spiro atoms. The fourth-order valence-electron chi connectivity index (χ4n) is 3.41. The van der Waals surface area contributed by atoms with Gasteiger partial charge in [-0.25, -0.2) is 0 Å². The second-order valence-corrected chi connectivity index (χ2v) is 5.20. The highest BCUT2D eigenvalue weighted by molar-refractivity contribution is 4.96. The molecule has 0 aromatic heterocycles. The van der Waals surface area contributed by atoms with Gasteiger partial charge < -0.3 is 5.11 Å². The van der Waals surface area contributed by atoms with E-state index >= 15 is 0 Å². The lowest BCUT2D eigenvalue weighted by molar-refractivity contribution is -0.0752. The molecular formula is C11H20O. The van der Waals surface area contributed by atoms with Crippen molar-refractivity contribution in [3.63, 3.8) is 0 Å². The summed E-state index contributed by atoms with van der Waals surface area (Å²) in [6.45, 7) is 4.70. The third-order valence-electron chi connectivity index (χ3n) is 4.35. The fraction of sp³-hybridized carbons (Fsp3) is 1.00.